The lowest BCUT2D eigenvalue weighted by Gasteiger charge is -2.09. The number of carbonyl (C=O) groups is 2. The Labute approximate surface area is 206 Å². The highest BCUT2D eigenvalue weighted by atomic mass is 16.5. The van der Waals surface area contributed by atoms with Gasteiger partial charge in [0.1, 0.15) is 0 Å². The Morgan fingerprint density at radius 3 is 1.39 bits per heavy atom. The molecule has 0 aromatic rings. The van der Waals surface area contributed by atoms with Gasteiger partial charge in [-0.3, -0.25) is 9.59 Å². The molecule has 0 fully saturated rings. The van der Waals surface area contributed by atoms with E-state index in [0.29, 0.717) is 32.0 Å². The zero-order valence-electron chi connectivity index (χ0n) is 22.5. The second-order valence-electron chi connectivity index (χ2n) is 9.90. The van der Waals surface area contributed by atoms with Gasteiger partial charge in [0, 0.05) is 12.8 Å². The van der Waals surface area contributed by atoms with Gasteiger partial charge in [0.15, 0.2) is 0 Å². The summed E-state index contributed by atoms with van der Waals surface area (Å²) in [7, 11) is 0. The van der Waals surface area contributed by atoms with E-state index in [9.17, 15) is 9.59 Å². The molecule has 0 aliphatic rings. The zero-order valence-corrected chi connectivity index (χ0v) is 22.5. The molecule has 196 valence electrons. The Hall–Kier alpha value is -1.06. The summed E-state index contributed by atoms with van der Waals surface area (Å²) in [6.45, 7) is 7.76. The van der Waals surface area contributed by atoms with E-state index >= 15 is 0 Å². The van der Waals surface area contributed by atoms with Crippen molar-refractivity contribution < 1.29 is 19.1 Å². The van der Waals surface area contributed by atoms with Crippen molar-refractivity contribution in [2.75, 3.05) is 13.2 Å². The summed E-state index contributed by atoms with van der Waals surface area (Å²) in [4.78, 5) is 23.5. The van der Waals surface area contributed by atoms with Crippen LogP contribution in [-0.2, 0) is 19.1 Å². The molecule has 0 aliphatic carbocycles. The van der Waals surface area contributed by atoms with Crippen LogP contribution >= 0.6 is 0 Å². The van der Waals surface area contributed by atoms with E-state index in [1.54, 1.807) is 0 Å². The maximum absolute atomic E-state index is 11.8. The molecule has 0 amide bonds. The van der Waals surface area contributed by atoms with E-state index in [0.717, 1.165) is 57.8 Å². The van der Waals surface area contributed by atoms with E-state index < -0.39 is 0 Å². The van der Waals surface area contributed by atoms with Gasteiger partial charge < -0.3 is 9.47 Å². The minimum absolute atomic E-state index is 0.0396. The molecule has 0 radical (unpaired) electrons. The van der Waals surface area contributed by atoms with Crippen molar-refractivity contribution >= 4 is 11.9 Å². The first-order chi connectivity index (χ1) is 16.1. The molecule has 1 atom stereocenters. The van der Waals surface area contributed by atoms with E-state index in [1.807, 2.05) is 0 Å². The van der Waals surface area contributed by atoms with Crippen molar-refractivity contribution in [2.45, 2.75) is 156 Å². The summed E-state index contributed by atoms with van der Waals surface area (Å²) >= 11 is 0. The maximum atomic E-state index is 11.8. The van der Waals surface area contributed by atoms with Gasteiger partial charge in [0.05, 0.1) is 13.2 Å². The molecule has 0 aromatic carbocycles. The van der Waals surface area contributed by atoms with Gasteiger partial charge in [-0.15, -0.1) is 0 Å². The Kier molecular flexibility index (Phi) is 24.7. The van der Waals surface area contributed by atoms with E-state index in [-0.39, 0.29) is 11.9 Å². The summed E-state index contributed by atoms with van der Waals surface area (Å²) in [5.74, 6) is 0.528. The third kappa shape index (κ3) is 25.4. The first-order valence-corrected chi connectivity index (χ1v) is 14.4. The number of esters is 2. The first-order valence-electron chi connectivity index (χ1n) is 14.4. The van der Waals surface area contributed by atoms with Crippen LogP contribution in [0.2, 0.25) is 0 Å². The highest BCUT2D eigenvalue weighted by molar-refractivity contribution is 5.69. The van der Waals surface area contributed by atoms with Gasteiger partial charge >= 0.3 is 11.9 Å². The molecule has 0 saturated carbocycles. The molecule has 4 heteroatoms. The molecule has 0 aromatic heterocycles. The first kappa shape index (κ1) is 31.9. The molecular weight excluding hydrogens is 412 g/mol. The summed E-state index contributed by atoms with van der Waals surface area (Å²) in [5.41, 5.74) is 0. The number of unbranched alkanes of at least 4 members (excludes halogenated alkanes) is 15. The average Bonchev–Trinajstić information content (AvgIpc) is 2.81. The van der Waals surface area contributed by atoms with Gasteiger partial charge in [0.25, 0.3) is 0 Å². The fourth-order valence-corrected chi connectivity index (χ4v) is 3.92. The fraction of sp³-hybridized carbons (Fsp3) is 0.931. The van der Waals surface area contributed by atoms with Gasteiger partial charge in [-0.05, 0) is 31.6 Å². The molecule has 33 heavy (non-hydrogen) atoms. The second kappa shape index (κ2) is 25.6. The van der Waals surface area contributed by atoms with Crippen molar-refractivity contribution in [3.05, 3.63) is 0 Å². The van der Waals surface area contributed by atoms with Crippen LogP contribution in [-0.4, -0.2) is 25.2 Å². The van der Waals surface area contributed by atoms with Crippen molar-refractivity contribution in [1.82, 2.24) is 0 Å². The maximum Gasteiger partial charge on any atom is 0.305 e. The van der Waals surface area contributed by atoms with Crippen LogP contribution in [0.15, 0.2) is 0 Å². The van der Waals surface area contributed by atoms with Gasteiger partial charge in [-0.2, -0.15) is 0 Å². The molecule has 0 rings (SSSR count). The highest BCUT2D eigenvalue weighted by Gasteiger charge is 2.05. The third-order valence-corrected chi connectivity index (χ3v) is 6.59. The lowest BCUT2D eigenvalue weighted by molar-refractivity contribution is -0.145. The quantitative estimate of drug-likeness (QED) is 0.0991. The molecule has 0 heterocycles. The molecule has 1 unspecified atom stereocenters. The number of rotatable bonds is 25. The summed E-state index contributed by atoms with van der Waals surface area (Å²) in [6.07, 6.45) is 23.8. The largest absolute Gasteiger partial charge is 0.466 e. The molecular formula is C29H56O4. The SMILES string of the molecule is CCCCCCCCCCCCCOC(=O)CCCCCCCCC(=O)OCCC(C)CC. The Morgan fingerprint density at radius 2 is 0.939 bits per heavy atom. The predicted octanol–water partition coefficient (Wildman–Crippen LogP) is 8.94. The third-order valence-electron chi connectivity index (χ3n) is 6.59. The van der Waals surface area contributed by atoms with Crippen molar-refractivity contribution in [3.63, 3.8) is 0 Å². The average molecular weight is 469 g/mol. The molecule has 0 aliphatic heterocycles. The minimum Gasteiger partial charge on any atom is -0.466 e. The monoisotopic (exact) mass is 468 g/mol. The van der Waals surface area contributed by atoms with Crippen LogP contribution in [0, 0.1) is 5.92 Å². The molecule has 0 bridgehead atoms. The van der Waals surface area contributed by atoms with Crippen molar-refractivity contribution in [3.8, 4) is 0 Å². The smallest absolute Gasteiger partial charge is 0.305 e. The standard InChI is InChI=1S/C29H56O4/c1-4-6-7-8-9-10-11-12-15-18-21-25-32-28(30)22-19-16-13-14-17-20-23-29(31)33-26-24-27(3)5-2/h27H,4-26H2,1-3H3. The zero-order chi connectivity index (χ0) is 24.4. The molecule has 0 spiro atoms. The number of hydrogen-bond donors (Lipinski definition) is 0. The summed E-state index contributed by atoms with van der Waals surface area (Å²) < 4.78 is 10.6. The van der Waals surface area contributed by atoms with E-state index in [4.69, 9.17) is 9.47 Å². The van der Waals surface area contributed by atoms with Crippen LogP contribution in [0.3, 0.4) is 0 Å². The topological polar surface area (TPSA) is 52.6 Å². The van der Waals surface area contributed by atoms with E-state index in [1.165, 1.54) is 64.2 Å². The van der Waals surface area contributed by atoms with Crippen molar-refractivity contribution in [2.24, 2.45) is 5.92 Å². The van der Waals surface area contributed by atoms with Crippen molar-refractivity contribution in [1.29, 1.82) is 0 Å². The predicted molar refractivity (Wildman–Crippen MR) is 139 cm³/mol. The number of hydrogen-bond acceptors (Lipinski definition) is 4. The summed E-state index contributed by atoms with van der Waals surface area (Å²) in [5, 5.41) is 0. The molecule has 4 nitrogen and oxygen atoms in total. The highest BCUT2D eigenvalue weighted by Crippen LogP contribution is 2.13. The number of ether oxygens (including phenoxy) is 2. The molecule has 0 saturated heterocycles. The normalized spacial score (nSPS) is 12.0. The van der Waals surface area contributed by atoms with Crippen LogP contribution in [0.25, 0.3) is 0 Å². The number of carbonyl (C=O) groups excluding carboxylic acids is 2. The van der Waals surface area contributed by atoms with Crippen LogP contribution in [0.1, 0.15) is 156 Å². The van der Waals surface area contributed by atoms with Gasteiger partial charge in [-0.1, -0.05) is 117 Å². The van der Waals surface area contributed by atoms with Gasteiger partial charge in [-0.25, -0.2) is 0 Å². The minimum atomic E-state index is -0.0566. The van der Waals surface area contributed by atoms with Crippen LogP contribution < -0.4 is 0 Å². The lowest BCUT2D eigenvalue weighted by Crippen LogP contribution is -2.08. The van der Waals surface area contributed by atoms with E-state index in [2.05, 4.69) is 20.8 Å². The molecule has 0 N–H and O–H groups in total. The second-order valence-corrected chi connectivity index (χ2v) is 9.90. The fourth-order valence-electron chi connectivity index (χ4n) is 3.92. The van der Waals surface area contributed by atoms with Gasteiger partial charge in [0.2, 0.25) is 0 Å². The Bertz CT molecular complexity index is 435. The Morgan fingerprint density at radius 1 is 0.545 bits per heavy atom. The van der Waals surface area contributed by atoms with Crippen LogP contribution in [0.4, 0.5) is 0 Å². The lowest BCUT2D eigenvalue weighted by atomic mass is 10.1. The van der Waals surface area contributed by atoms with Crippen LogP contribution in [0.5, 0.6) is 0 Å². The summed E-state index contributed by atoms with van der Waals surface area (Å²) in [6, 6.07) is 0. The Balaban J connectivity index is 3.27.